The minimum atomic E-state index is -0.599. The summed E-state index contributed by atoms with van der Waals surface area (Å²) in [7, 11) is 0. The van der Waals surface area contributed by atoms with E-state index in [0.29, 0.717) is 10.6 Å². The summed E-state index contributed by atoms with van der Waals surface area (Å²) in [5, 5.41) is 12.9. The van der Waals surface area contributed by atoms with Crippen LogP contribution in [-0.2, 0) is 4.79 Å². The SMILES string of the molecule is O=C(C[C@H](NC(=O)c1cn[nH]c1-c1ccccc1F)c1cccc(Cl)c1)NC1CC1. The summed E-state index contributed by atoms with van der Waals surface area (Å²) >= 11 is 6.11. The molecule has 154 valence electrons. The average Bonchev–Trinajstić information content (AvgIpc) is 3.39. The zero-order valence-electron chi connectivity index (χ0n) is 16.0. The molecule has 0 bridgehead atoms. The maximum atomic E-state index is 14.2. The van der Waals surface area contributed by atoms with E-state index in [1.54, 1.807) is 42.5 Å². The molecular weight excluding hydrogens is 407 g/mol. The van der Waals surface area contributed by atoms with Crippen LogP contribution >= 0.6 is 11.6 Å². The normalized spacial score (nSPS) is 14.2. The van der Waals surface area contributed by atoms with Crippen molar-refractivity contribution in [3.05, 3.63) is 76.7 Å². The molecule has 1 aromatic heterocycles. The van der Waals surface area contributed by atoms with Crippen molar-refractivity contribution in [2.24, 2.45) is 0 Å². The lowest BCUT2D eigenvalue weighted by Crippen LogP contribution is -2.34. The van der Waals surface area contributed by atoms with Gasteiger partial charge < -0.3 is 10.6 Å². The highest BCUT2D eigenvalue weighted by Crippen LogP contribution is 2.26. The van der Waals surface area contributed by atoms with Crippen molar-refractivity contribution in [1.82, 2.24) is 20.8 Å². The molecular formula is C22H20ClFN4O2. The third-order valence-electron chi connectivity index (χ3n) is 4.92. The Morgan fingerprint density at radius 2 is 2.00 bits per heavy atom. The van der Waals surface area contributed by atoms with Gasteiger partial charge in [0.2, 0.25) is 5.91 Å². The number of nitrogens with zero attached hydrogens (tertiary/aromatic N) is 1. The number of amides is 2. The van der Waals surface area contributed by atoms with Gasteiger partial charge in [-0.1, -0.05) is 35.9 Å². The number of H-pyrrole nitrogens is 1. The largest absolute Gasteiger partial charge is 0.353 e. The summed E-state index contributed by atoms with van der Waals surface area (Å²) in [6, 6.07) is 12.7. The molecule has 1 aliphatic rings. The highest BCUT2D eigenvalue weighted by Gasteiger charge is 2.27. The number of halogens is 2. The lowest BCUT2D eigenvalue weighted by molar-refractivity contribution is -0.121. The van der Waals surface area contributed by atoms with Crippen molar-refractivity contribution in [3.63, 3.8) is 0 Å². The third kappa shape index (κ3) is 4.68. The molecule has 0 spiro atoms. The number of hydrogen-bond acceptors (Lipinski definition) is 3. The molecule has 4 rings (SSSR count). The molecule has 0 unspecified atom stereocenters. The van der Waals surface area contributed by atoms with Gasteiger partial charge in [-0.3, -0.25) is 14.7 Å². The highest BCUT2D eigenvalue weighted by atomic mass is 35.5. The topological polar surface area (TPSA) is 86.9 Å². The fraction of sp³-hybridized carbons (Fsp3) is 0.227. The first kappa shape index (κ1) is 20.1. The number of aromatic nitrogens is 2. The second-order valence-electron chi connectivity index (χ2n) is 7.27. The van der Waals surface area contributed by atoms with Crippen molar-refractivity contribution < 1.29 is 14.0 Å². The van der Waals surface area contributed by atoms with Gasteiger partial charge in [-0.15, -0.1) is 0 Å². The van der Waals surface area contributed by atoms with Crippen LogP contribution in [0.5, 0.6) is 0 Å². The van der Waals surface area contributed by atoms with Gasteiger partial charge in [0.15, 0.2) is 0 Å². The van der Waals surface area contributed by atoms with Crippen LogP contribution in [0.15, 0.2) is 54.7 Å². The quantitative estimate of drug-likeness (QED) is 0.533. The molecule has 0 aliphatic heterocycles. The molecule has 3 aromatic rings. The predicted molar refractivity (Wildman–Crippen MR) is 111 cm³/mol. The van der Waals surface area contributed by atoms with E-state index in [0.717, 1.165) is 12.8 Å². The van der Waals surface area contributed by atoms with Crippen LogP contribution in [0.1, 0.15) is 41.2 Å². The van der Waals surface area contributed by atoms with Crippen molar-refractivity contribution >= 4 is 23.4 Å². The predicted octanol–water partition coefficient (Wildman–Crippen LogP) is 4.01. The van der Waals surface area contributed by atoms with Gasteiger partial charge in [0.25, 0.3) is 5.91 Å². The number of carbonyl (C=O) groups excluding carboxylic acids is 2. The third-order valence-corrected chi connectivity index (χ3v) is 5.15. The van der Waals surface area contributed by atoms with E-state index in [1.165, 1.54) is 12.3 Å². The van der Waals surface area contributed by atoms with Crippen molar-refractivity contribution in [1.29, 1.82) is 0 Å². The molecule has 0 radical (unpaired) electrons. The van der Waals surface area contributed by atoms with Crippen molar-refractivity contribution in [3.8, 4) is 11.3 Å². The molecule has 1 heterocycles. The number of nitrogens with one attached hydrogen (secondary N) is 3. The number of hydrogen-bond donors (Lipinski definition) is 3. The standard InChI is InChI=1S/C22H20ClFN4O2/c23-14-5-3-4-13(10-14)19(11-20(29)26-15-8-9-15)27-22(30)17-12-25-28-21(17)16-6-1-2-7-18(16)24/h1-7,10,12,15,19H,8-9,11H2,(H,25,28)(H,26,29)(H,27,30)/t19-/m0/s1. The number of rotatable bonds is 7. The second kappa shape index (κ2) is 8.67. The Balaban J connectivity index is 1.58. The van der Waals surface area contributed by atoms with E-state index in [4.69, 9.17) is 11.6 Å². The smallest absolute Gasteiger partial charge is 0.255 e. The molecule has 2 amide bonds. The Morgan fingerprint density at radius 1 is 1.20 bits per heavy atom. The van der Waals surface area contributed by atoms with E-state index >= 15 is 0 Å². The zero-order chi connectivity index (χ0) is 21.1. The molecule has 6 nitrogen and oxygen atoms in total. The zero-order valence-corrected chi connectivity index (χ0v) is 16.7. The summed E-state index contributed by atoms with van der Waals surface area (Å²) in [6.07, 6.45) is 3.35. The Morgan fingerprint density at radius 3 is 2.73 bits per heavy atom. The Hall–Kier alpha value is -3.19. The summed E-state index contributed by atoms with van der Waals surface area (Å²) in [4.78, 5) is 25.4. The van der Waals surface area contributed by atoms with Gasteiger partial charge >= 0.3 is 0 Å². The van der Waals surface area contributed by atoms with E-state index in [1.807, 2.05) is 0 Å². The minimum Gasteiger partial charge on any atom is -0.353 e. The number of carbonyl (C=O) groups is 2. The number of aromatic amines is 1. The van der Waals surface area contributed by atoms with Gasteiger partial charge in [0, 0.05) is 16.6 Å². The maximum absolute atomic E-state index is 14.2. The Bertz CT molecular complexity index is 1080. The van der Waals surface area contributed by atoms with Gasteiger partial charge in [0.1, 0.15) is 5.82 Å². The van der Waals surface area contributed by atoms with Crippen molar-refractivity contribution in [2.75, 3.05) is 0 Å². The van der Waals surface area contributed by atoms with E-state index in [2.05, 4.69) is 20.8 Å². The fourth-order valence-corrected chi connectivity index (χ4v) is 3.44. The first-order chi connectivity index (χ1) is 14.5. The molecule has 1 aliphatic carbocycles. The average molecular weight is 427 g/mol. The minimum absolute atomic E-state index is 0.0649. The van der Waals surface area contributed by atoms with E-state index in [-0.39, 0.29) is 35.2 Å². The van der Waals surface area contributed by atoms with Crippen LogP contribution in [0.3, 0.4) is 0 Å². The molecule has 3 N–H and O–H groups in total. The first-order valence-electron chi connectivity index (χ1n) is 9.65. The highest BCUT2D eigenvalue weighted by molar-refractivity contribution is 6.30. The first-order valence-corrected chi connectivity index (χ1v) is 10.0. The van der Waals surface area contributed by atoms with E-state index in [9.17, 15) is 14.0 Å². The maximum Gasteiger partial charge on any atom is 0.255 e. The van der Waals surface area contributed by atoms with Crippen LogP contribution in [0, 0.1) is 5.82 Å². The van der Waals surface area contributed by atoms with Crippen LogP contribution in [0.4, 0.5) is 4.39 Å². The molecule has 1 saturated carbocycles. The van der Waals surface area contributed by atoms with Crippen LogP contribution < -0.4 is 10.6 Å². The molecule has 0 saturated heterocycles. The summed E-state index contributed by atoms with van der Waals surface area (Å²) in [5.41, 5.74) is 1.41. The molecule has 1 fully saturated rings. The van der Waals surface area contributed by atoms with Gasteiger partial charge in [-0.05, 0) is 42.7 Å². The monoisotopic (exact) mass is 426 g/mol. The van der Waals surface area contributed by atoms with Crippen molar-refractivity contribution in [2.45, 2.75) is 31.3 Å². The summed E-state index contributed by atoms with van der Waals surface area (Å²) in [5.74, 6) is -1.08. The summed E-state index contributed by atoms with van der Waals surface area (Å²) < 4.78 is 14.2. The van der Waals surface area contributed by atoms with Gasteiger partial charge in [-0.2, -0.15) is 5.10 Å². The Labute approximate surface area is 177 Å². The molecule has 1 atom stereocenters. The van der Waals surface area contributed by atoms with Crippen LogP contribution in [0.2, 0.25) is 5.02 Å². The van der Waals surface area contributed by atoms with Gasteiger partial charge in [0.05, 0.1) is 29.9 Å². The lowest BCUT2D eigenvalue weighted by Gasteiger charge is -2.19. The fourth-order valence-electron chi connectivity index (χ4n) is 3.24. The van der Waals surface area contributed by atoms with Gasteiger partial charge in [-0.25, -0.2) is 4.39 Å². The van der Waals surface area contributed by atoms with E-state index < -0.39 is 17.8 Å². The van der Waals surface area contributed by atoms with Crippen LogP contribution in [-0.4, -0.2) is 28.1 Å². The van der Waals surface area contributed by atoms with Crippen LogP contribution in [0.25, 0.3) is 11.3 Å². The molecule has 2 aromatic carbocycles. The lowest BCUT2D eigenvalue weighted by atomic mass is 10.0. The number of benzene rings is 2. The molecule has 8 heteroatoms. The Kier molecular flexibility index (Phi) is 5.81. The second-order valence-corrected chi connectivity index (χ2v) is 7.70. The summed E-state index contributed by atoms with van der Waals surface area (Å²) in [6.45, 7) is 0. The molecule has 30 heavy (non-hydrogen) atoms.